The highest BCUT2D eigenvalue weighted by molar-refractivity contribution is 7.12. The number of fused-ring (bicyclic) bond motifs is 2. The molecule has 1 amide bonds. The van der Waals surface area contributed by atoms with E-state index in [0.717, 1.165) is 29.8 Å². The Morgan fingerprint density at radius 1 is 1.29 bits per heavy atom. The number of hydrogen-bond donors (Lipinski definition) is 2. The monoisotopic (exact) mass is 393 g/mol. The van der Waals surface area contributed by atoms with Crippen LogP contribution in [0.15, 0.2) is 11.4 Å². The van der Waals surface area contributed by atoms with E-state index in [9.17, 15) is 4.79 Å². The summed E-state index contributed by atoms with van der Waals surface area (Å²) in [5.41, 5.74) is 7.31. The molecule has 0 spiro atoms. The third kappa shape index (κ3) is 4.85. The van der Waals surface area contributed by atoms with Gasteiger partial charge in [-0.25, -0.2) is 0 Å². The molecule has 2 saturated carbocycles. The molecule has 2 bridgehead atoms. The first kappa shape index (κ1) is 21.7. The van der Waals surface area contributed by atoms with Crippen molar-refractivity contribution < 1.29 is 4.79 Å². The molecule has 2 unspecified atom stereocenters. The molecule has 3 rings (SSSR count). The fourth-order valence-electron chi connectivity index (χ4n) is 4.24. The van der Waals surface area contributed by atoms with Crippen molar-refractivity contribution in [3.8, 4) is 0 Å². The van der Waals surface area contributed by atoms with Crippen LogP contribution in [-0.4, -0.2) is 37.0 Å². The second kappa shape index (κ2) is 9.39. The fourth-order valence-corrected chi connectivity index (χ4v) is 5.06. The molecule has 0 aromatic carbocycles. The van der Waals surface area contributed by atoms with Crippen molar-refractivity contribution in [3.05, 3.63) is 21.9 Å². The summed E-state index contributed by atoms with van der Waals surface area (Å²) in [5.74, 6) is 1.26. The predicted octanol–water partition coefficient (Wildman–Crippen LogP) is 3.29. The van der Waals surface area contributed by atoms with Crippen molar-refractivity contribution in [2.75, 3.05) is 14.1 Å². The molecule has 0 saturated heterocycles. The number of nitrogens with one attached hydrogen (secondary N) is 1. The van der Waals surface area contributed by atoms with E-state index >= 15 is 0 Å². The molecule has 0 aliphatic heterocycles. The van der Waals surface area contributed by atoms with E-state index in [4.69, 9.17) is 5.73 Å². The van der Waals surface area contributed by atoms with Crippen LogP contribution in [0, 0.1) is 11.8 Å². The van der Waals surface area contributed by atoms with Crippen LogP contribution < -0.4 is 11.1 Å². The van der Waals surface area contributed by atoms with Gasteiger partial charge >= 0.3 is 0 Å². The van der Waals surface area contributed by atoms with E-state index in [2.05, 4.69) is 16.3 Å². The van der Waals surface area contributed by atoms with Crippen LogP contribution in [0.5, 0.6) is 0 Å². The van der Waals surface area contributed by atoms with Gasteiger partial charge in [-0.3, -0.25) is 4.79 Å². The summed E-state index contributed by atoms with van der Waals surface area (Å²) in [4.78, 5) is 15.7. The minimum absolute atomic E-state index is 0. The zero-order valence-corrected chi connectivity index (χ0v) is 16.8. The highest BCUT2D eigenvalue weighted by Gasteiger charge is 2.40. The van der Waals surface area contributed by atoms with Crippen LogP contribution in [0.3, 0.4) is 0 Å². The zero-order valence-electron chi connectivity index (χ0n) is 14.4. The van der Waals surface area contributed by atoms with E-state index < -0.39 is 0 Å². The first-order valence-corrected chi connectivity index (χ1v) is 9.20. The standard InChI is InChI=1S/C17H27N3OS.2ClH/c1-20(2)10-13-6-7-22-16(13)17(21)19-15-11-4-3-5-12(15)9-14(18)8-11;;/h6-7,11-12,14-15H,3-5,8-10,18H2,1-2H3,(H,19,21);2*1H. The quantitative estimate of drug-likeness (QED) is 0.824. The van der Waals surface area contributed by atoms with Gasteiger partial charge in [0.25, 0.3) is 5.91 Å². The Bertz CT molecular complexity index is 524. The number of nitrogens with two attached hydrogens (primary N) is 1. The van der Waals surface area contributed by atoms with Crippen molar-refractivity contribution in [2.45, 2.75) is 50.7 Å². The number of thiophene rings is 1. The number of carbonyl (C=O) groups is 1. The highest BCUT2D eigenvalue weighted by Crippen LogP contribution is 2.39. The summed E-state index contributed by atoms with van der Waals surface area (Å²) in [5, 5.41) is 5.37. The molecular weight excluding hydrogens is 365 g/mol. The van der Waals surface area contributed by atoms with Crippen LogP contribution in [0.1, 0.15) is 47.3 Å². The van der Waals surface area contributed by atoms with Crippen molar-refractivity contribution >= 4 is 42.1 Å². The van der Waals surface area contributed by atoms with E-state index in [1.807, 2.05) is 19.5 Å². The van der Waals surface area contributed by atoms with Crippen molar-refractivity contribution in [3.63, 3.8) is 0 Å². The summed E-state index contributed by atoms with van der Waals surface area (Å²) < 4.78 is 0. The lowest BCUT2D eigenvalue weighted by molar-refractivity contribution is 0.0758. The Labute approximate surface area is 161 Å². The van der Waals surface area contributed by atoms with E-state index in [1.54, 1.807) is 11.3 Å². The Balaban J connectivity index is 0.00000144. The highest BCUT2D eigenvalue weighted by atomic mass is 35.5. The molecule has 2 aliphatic carbocycles. The molecular formula is C17H29Cl2N3OS. The maximum Gasteiger partial charge on any atom is 0.261 e. The van der Waals surface area contributed by atoms with Crippen LogP contribution in [0.4, 0.5) is 0 Å². The molecule has 2 atom stereocenters. The molecule has 1 aromatic heterocycles. The molecule has 1 aromatic rings. The number of carbonyl (C=O) groups excluding carboxylic acids is 1. The van der Waals surface area contributed by atoms with E-state index in [-0.39, 0.29) is 30.7 Å². The van der Waals surface area contributed by atoms with Gasteiger partial charge < -0.3 is 16.0 Å². The van der Waals surface area contributed by atoms with Gasteiger partial charge in [-0.2, -0.15) is 0 Å². The molecule has 0 radical (unpaired) electrons. The smallest absolute Gasteiger partial charge is 0.261 e. The maximum absolute atomic E-state index is 12.7. The fraction of sp³-hybridized carbons (Fsp3) is 0.706. The Kier molecular flexibility index (Phi) is 8.50. The first-order chi connectivity index (χ1) is 10.5. The van der Waals surface area contributed by atoms with E-state index in [0.29, 0.717) is 23.9 Å². The Morgan fingerprint density at radius 2 is 1.92 bits per heavy atom. The average Bonchev–Trinajstić information content (AvgIpc) is 2.87. The van der Waals surface area contributed by atoms with Crippen molar-refractivity contribution in [1.82, 2.24) is 10.2 Å². The second-order valence-corrected chi connectivity index (χ2v) is 8.11. The number of hydrogen-bond acceptors (Lipinski definition) is 4. The zero-order chi connectivity index (χ0) is 15.7. The van der Waals surface area contributed by atoms with Gasteiger partial charge in [0.1, 0.15) is 0 Å². The Hall–Kier alpha value is -0.330. The lowest BCUT2D eigenvalue weighted by Gasteiger charge is -2.45. The van der Waals surface area contributed by atoms with E-state index in [1.165, 1.54) is 19.3 Å². The minimum atomic E-state index is 0. The van der Waals surface area contributed by atoms with Crippen molar-refractivity contribution in [2.24, 2.45) is 17.6 Å². The number of halogens is 2. The molecule has 2 aliphatic rings. The van der Waals surface area contributed by atoms with Gasteiger partial charge in [-0.05, 0) is 68.6 Å². The van der Waals surface area contributed by atoms with Crippen molar-refractivity contribution in [1.29, 1.82) is 0 Å². The van der Waals surface area contributed by atoms with Gasteiger partial charge in [0.05, 0.1) is 4.88 Å². The second-order valence-electron chi connectivity index (χ2n) is 7.19. The topological polar surface area (TPSA) is 58.4 Å². The molecule has 7 heteroatoms. The van der Waals surface area contributed by atoms with Crippen LogP contribution >= 0.6 is 36.2 Å². The van der Waals surface area contributed by atoms with Gasteiger partial charge in [0.2, 0.25) is 0 Å². The predicted molar refractivity (Wildman–Crippen MR) is 106 cm³/mol. The summed E-state index contributed by atoms with van der Waals surface area (Å²) in [7, 11) is 4.07. The SMILES string of the molecule is CN(C)Cc1ccsc1C(=O)NC1C2CCCC1CC(N)C2.Cl.Cl. The summed E-state index contributed by atoms with van der Waals surface area (Å²) in [6.07, 6.45) is 5.85. The minimum Gasteiger partial charge on any atom is -0.348 e. The van der Waals surface area contributed by atoms with Gasteiger partial charge in [0, 0.05) is 18.6 Å². The van der Waals surface area contributed by atoms with Gasteiger partial charge in [-0.1, -0.05) is 6.42 Å². The summed E-state index contributed by atoms with van der Waals surface area (Å²) in [6, 6.07) is 2.72. The largest absolute Gasteiger partial charge is 0.348 e. The molecule has 24 heavy (non-hydrogen) atoms. The molecule has 3 N–H and O–H groups in total. The number of rotatable bonds is 4. The lowest BCUT2D eigenvalue weighted by atomic mass is 9.67. The van der Waals surface area contributed by atoms with Crippen LogP contribution in [-0.2, 0) is 6.54 Å². The summed E-state index contributed by atoms with van der Waals surface area (Å²) in [6.45, 7) is 0.814. The normalized spacial score (nSPS) is 28.7. The third-order valence-electron chi connectivity index (χ3n) is 5.11. The van der Waals surface area contributed by atoms with Gasteiger partial charge in [-0.15, -0.1) is 36.2 Å². The number of nitrogens with zero attached hydrogens (tertiary/aromatic N) is 1. The third-order valence-corrected chi connectivity index (χ3v) is 6.07. The summed E-state index contributed by atoms with van der Waals surface area (Å²) >= 11 is 1.55. The van der Waals surface area contributed by atoms with Crippen LogP contribution in [0.25, 0.3) is 0 Å². The van der Waals surface area contributed by atoms with Gasteiger partial charge in [0.15, 0.2) is 0 Å². The average molecular weight is 394 g/mol. The molecule has 138 valence electrons. The first-order valence-electron chi connectivity index (χ1n) is 8.32. The molecule has 2 fully saturated rings. The Morgan fingerprint density at radius 3 is 2.50 bits per heavy atom. The maximum atomic E-state index is 12.7. The number of amides is 1. The van der Waals surface area contributed by atoms with Crippen LogP contribution in [0.2, 0.25) is 0 Å². The molecule has 4 nitrogen and oxygen atoms in total. The molecule has 1 heterocycles. The lowest BCUT2D eigenvalue weighted by Crippen LogP contribution is -2.53.